The van der Waals surface area contributed by atoms with Crippen LogP contribution in [0.5, 0.6) is 5.75 Å². The maximum absolute atomic E-state index is 14.0. The van der Waals surface area contributed by atoms with Crippen molar-refractivity contribution in [2.45, 2.75) is 25.6 Å². The van der Waals surface area contributed by atoms with Crippen molar-refractivity contribution in [3.8, 4) is 5.75 Å². The highest BCUT2D eigenvalue weighted by molar-refractivity contribution is 5.99. The summed E-state index contributed by atoms with van der Waals surface area (Å²) in [4.78, 5) is 39.1. The number of benzene rings is 2. The smallest absolute Gasteiger partial charge is 0.272 e. The van der Waals surface area contributed by atoms with E-state index < -0.39 is 58.4 Å². The van der Waals surface area contributed by atoms with Crippen molar-refractivity contribution in [1.29, 1.82) is 0 Å². The number of carbonyl (C=O) groups excluding carboxylic acids is 2. The summed E-state index contributed by atoms with van der Waals surface area (Å²) in [7, 11) is 0. The maximum atomic E-state index is 14.0. The minimum atomic E-state index is -1.19. The fraction of sp³-hybridized carbons (Fsp3) is 0.240. The Morgan fingerprint density at radius 3 is 2.51 bits per heavy atom. The molecule has 2 aromatic carbocycles. The zero-order valence-corrected chi connectivity index (χ0v) is 19.4. The van der Waals surface area contributed by atoms with Gasteiger partial charge < -0.3 is 25.1 Å². The van der Waals surface area contributed by atoms with Gasteiger partial charge in [-0.2, -0.15) is 0 Å². The predicted molar refractivity (Wildman–Crippen MR) is 125 cm³/mol. The van der Waals surface area contributed by atoms with Crippen molar-refractivity contribution in [2.75, 3.05) is 13.1 Å². The minimum absolute atomic E-state index is 0.0731. The highest BCUT2D eigenvalue weighted by Gasteiger charge is 2.32. The highest BCUT2D eigenvalue weighted by Crippen LogP contribution is 2.26. The second-order valence-electron chi connectivity index (χ2n) is 8.32. The fourth-order valence-corrected chi connectivity index (χ4v) is 4.01. The van der Waals surface area contributed by atoms with Gasteiger partial charge in [0.1, 0.15) is 29.6 Å². The van der Waals surface area contributed by atoms with Crippen molar-refractivity contribution in [3.63, 3.8) is 0 Å². The molecule has 194 valence electrons. The number of nitrogens with one attached hydrogen (secondary N) is 3. The van der Waals surface area contributed by atoms with Crippen LogP contribution < -0.4 is 26.3 Å². The maximum Gasteiger partial charge on any atom is 0.272 e. The van der Waals surface area contributed by atoms with Crippen LogP contribution in [0.3, 0.4) is 0 Å². The molecule has 1 aromatic heterocycles. The van der Waals surface area contributed by atoms with Gasteiger partial charge in [-0.25, -0.2) is 18.7 Å². The third-order valence-corrected chi connectivity index (χ3v) is 5.89. The molecule has 0 unspecified atom stereocenters. The van der Waals surface area contributed by atoms with E-state index in [1.807, 2.05) is 5.48 Å². The van der Waals surface area contributed by atoms with E-state index in [2.05, 4.69) is 10.6 Å². The molecule has 1 aliphatic rings. The standard InChI is InChI=1S/C25H23F3N4O5/c26-15-8-19(27)17(20(28)9-15)11-30-24(34)18-12-32-16(6-7-31-36)10-29-25(35)21(32)23(22(18)33)37-13-14-4-2-1-3-5-14/h1-5,8-9,12,16,31,36H,6-7,10-11,13H2,(H,29,35)(H,30,34)/t16-/m0/s1. The Bertz CT molecular complexity index is 1360. The molecule has 0 aliphatic carbocycles. The largest absolute Gasteiger partial charge is 0.483 e. The number of pyridine rings is 1. The van der Waals surface area contributed by atoms with Crippen LogP contribution in [0.1, 0.15) is 44.4 Å². The number of hydrogen-bond donors (Lipinski definition) is 4. The van der Waals surface area contributed by atoms with Gasteiger partial charge in [-0.05, 0) is 12.0 Å². The van der Waals surface area contributed by atoms with E-state index in [0.717, 1.165) is 0 Å². The van der Waals surface area contributed by atoms with E-state index in [9.17, 15) is 27.6 Å². The third kappa shape index (κ3) is 5.65. The molecule has 0 bridgehead atoms. The Morgan fingerprint density at radius 1 is 1.14 bits per heavy atom. The quantitative estimate of drug-likeness (QED) is 0.324. The summed E-state index contributed by atoms with van der Waals surface area (Å²) in [6.45, 7) is -0.425. The number of aromatic nitrogens is 1. The number of hydrogen-bond acceptors (Lipinski definition) is 6. The lowest BCUT2D eigenvalue weighted by Gasteiger charge is -2.30. The van der Waals surface area contributed by atoms with Gasteiger partial charge in [-0.15, -0.1) is 0 Å². The van der Waals surface area contributed by atoms with Crippen molar-refractivity contribution < 1.29 is 32.7 Å². The number of hydroxylamine groups is 1. The molecule has 3 aromatic rings. The van der Waals surface area contributed by atoms with Gasteiger partial charge in [-0.3, -0.25) is 14.4 Å². The fourth-order valence-electron chi connectivity index (χ4n) is 4.01. The average molecular weight is 516 g/mol. The first-order valence-electron chi connectivity index (χ1n) is 11.3. The summed E-state index contributed by atoms with van der Waals surface area (Å²) in [5, 5.41) is 14.0. The molecular weight excluding hydrogens is 493 g/mol. The first kappa shape index (κ1) is 25.9. The summed E-state index contributed by atoms with van der Waals surface area (Å²) in [5.74, 6) is -5.43. The summed E-state index contributed by atoms with van der Waals surface area (Å²) in [6, 6.07) is 9.34. The number of rotatable bonds is 9. The van der Waals surface area contributed by atoms with E-state index in [0.29, 0.717) is 24.1 Å². The van der Waals surface area contributed by atoms with Crippen molar-refractivity contribution in [1.82, 2.24) is 20.7 Å². The molecule has 0 spiro atoms. The number of halogens is 3. The monoisotopic (exact) mass is 516 g/mol. The Hall–Kier alpha value is -4.16. The first-order chi connectivity index (χ1) is 17.8. The van der Waals surface area contributed by atoms with Gasteiger partial charge in [-0.1, -0.05) is 30.3 Å². The molecule has 2 heterocycles. The Balaban J connectivity index is 1.71. The molecular formula is C25H23F3N4O5. The van der Waals surface area contributed by atoms with Crippen LogP contribution in [-0.2, 0) is 13.2 Å². The van der Waals surface area contributed by atoms with E-state index in [1.165, 1.54) is 10.8 Å². The minimum Gasteiger partial charge on any atom is -0.483 e. The zero-order chi connectivity index (χ0) is 26.5. The topological polar surface area (TPSA) is 122 Å². The molecule has 12 heteroatoms. The zero-order valence-electron chi connectivity index (χ0n) is 19.4. The number of amides is 2. The molecule has 1 aliphatic heterocycles. The lowest BCUT2D eigenvalue weighted by Crippen LogP contribution is -2.43. The molecule has 4 N–H and O–H groups in total. The number of nitrogens with zero attached hydrogens (tertiary/aromatic N) is 1. The van der Waals surface area contributed by atoms with Crippen LogP contribution in [0.15, 0.2) is 53.5 Å². The van der Waals surface area contributed by atoms with E-state index in [4.69, 9.17) is 9.94 Å². The van der Waals surface area contributed by atoms with Crippen LogP contribution in [0.25, 0.3) is 0 Å². The normalized spacial score (nSPS) is 14.6. The summed E-state index contributed by atoms with van der Waals surface area (Å²) in [5.41, 5.74) is 0.732. The van der Waals surface area contributed by atoms with Gasteiger partial charge >= 0.3 is 0 Å². The Morgan fingerprint density at radius 2 is 1.84 bits per heavy atom. The summed E-state index contributed by atoms with van der Waals surface area (Å²) >= 11 is 0. The summed E-state index contributed by atoms with van der Waals surface area (Å²) in [6.07, 6.45) is 1.50. The lowest BCUT2D eigenvalue weighted by atomic mass is 10.1. The molecule has 0 radical (unpaired) electrons. The molecule has 1 atom stereocenters. The van der Waals surface area contributed by atoms with Gasteiger partial charge in [0.25, 0.3) is 11.8 Å². The first-order valence-corrected chi connectivity index (χ1v) is 11.3. The number of ether oxygens (including phenoxy) is 1. The average Bonchev–Trinajstić information content (AvgIpc) is 2.87. The highest BCUT2D eigenvalue weighted by atomic mass is 19.1. The predicted octanol–water partition coefficient (Wildman–Crippen LogP) is 2.43. The van der Waals surface area contributed by atoms with Crippen LogP contribution in [0, 0.1) is 17.5 Å². The van der Waals surface area contributed by atoms with E-state index >= 15 is 0 Å². The van der Waals surface area contributed by atoms with Crippen LogP contribution in [0.2, 0.25) is 0 Å². The molecule has 4 rings (SSSR count). The van der Waals surface area contributed by atoms with Crippen molar-refractivity contribution >= 4 is 11.8 Å². The molecule has 0 saturated heterocycles. The van der Waals surface area contributed by atoms with Gasteiger partial charge in [0.2, 0.25) is 5.43 Å². The second kappa shape index (κ2) is 11.3. The number of carbonyl (C=O) groups is 2. The number of fused-ring (bicyclic) bond motifs is 1. The Kier molecular flexibility index (Phi) is 7.89. The van der Waals surface area contributed by atoms with Gasteiger partial charge in [0, 0.05) is 43.5 Å². The second-order valence-corrected chi connectivity index (χ2v) is 8.32. The van der Waals surface area contributed by atoms with Crippen LogP contribution in [-0.4, -0.2) is 34.7 Å². The molecule has 9 nitrogen and oxygen atoms in total. The molecule has 0 saturated carbocycles. The van der Waals surface area contributed by atoms with Crippen LogP contribution in [0.4, 0.5) is 13.2 Å². The van der Waals surface area contributed by atoms with Crippen molar-refractivity contribution in [2.24, 2.45) is 0 Å². The van der Waals surface area contributed by atoms with Gasteiger partial charge in [0.15, 0.2) is 11.4 Å². The van der Waals surface area contributed by atoms with Crippen LogP contribution >= 0.6 is 0 Å². The third-order valence-electron chi connectivity index (χ3n) is 5.89. The molecule has 37 heavy (non-hydrogen) atoms. The van der Waals surface area contributed by atoms with E-state index in [1.54, 1.807) is 30.3 Å². The molecule has 0 fully saturated rings. The SMILES string of the molecule is O=C(NCc1c(F)cc(F)cc1F)c1cn2c(c(OCc3ccccc3)c1=O)C(=O)NC[C@@H]2CCNO. The molecule has 2 amide bonds. The van der Waals surface area contributed by atoms with E-state index in [-0.39, 0.29) is 31.1 Å². The van der Waals surface area contributed by atoms with Gasteiger partial charge in [0.05, 0.1) is 6.04 Å². The lowest BCUT2D eigenvalue weighted by molar-refractivity contribution is 0.0889. The Labute approximate surface area is 208 Å². The van der Waals surface area contributed by atoms with Crippen molar-refractivity contribution in [3.05, 3.63) is 98.7 Å². The summed E-state index contributed by atoms with van der Waals surface area (Å²) < 4.78 is 48.4.